The number of likely N-dealkylation sites (N-methyl/N-ethyl adjacent to an activating group) is 1. The van der Waals surface area contributed by atoms with Crippen molar-refractivity contribution < 1.29 is 127 Å². The summed E-state index contributed by atoms with van der Waals surface area (Å²) < 4.78 is 41.2. The number of rotatable bonds is 14. The Morgan fingerprint density at radius 2 is 0.828 bits per heavy atom. The van der Waals surface area contributed by atoms with Gasteiger partial charge >= 0.3 is 0 Å². The minimum absolute atomic E-state index is 0. The van der Waals surface area contributed by atoms with Crippen molar-refractivity contribution in [1.82, 2.24) is 16.0 Å². The molecule has 4 rings (SSSR count). The molecule has 25 heteroatoms. The molecule has 0 aromatic heterocycles. The number of ether oxygens (including phenoxy) is 7. The predicted octanol–water partition coefficient (Wildman–Crippen LogP) is -11.6. The van der Waals surface area contributed by atoms with Gasteiger partial charge in [0.1, 0.15) is 91.4 Å². The van der Waals surface area contributed by atoms with Gasteiger partial charge in [0.05, 0.1) is 47.6 Å². The van der Waals surface area contributed by atoms with Crippen LogP contribution in [0.3, 0.4) is 0 Å². The lowest BCUT2D eigenvalue weighted by molar-refractivity contribution is -0.910. The molecule has 0 aromatic rings. The molecular weight excluding hydrogens is 899 g/mol. The summed E-state index contributed by atoms with van der Waals surface area (Å²) in [6.45, 7) is 0.0746. The number of nitrogens with zero attached hydrogens (tertiary/aromatic N) is 1. The molecule has 4 saturated heterocycles. The van der Waals surface area contributed by atoms with Gasteiger partial charge in [-0.2, -0.15) is 0 Å². The monoisotopic (exact) mass is 958 g/mol. The normalized spacial score (nSPS) is 43.4. The summed E-state index contributed by atoms with van der Waals surface area (Å²) >= 11 is 0. The van der Waals surface area contributed by atoms with Crippen LogP contribution in [-0.4, -0.2) is 243 Å². The van der Waals surface area contributed by atoms with Gasteiger partial charge in [-0.3, -0.25) is 14.4 Å². The summed E-state index contributed by atoms with van der Waals surface area (Å²) in [5.41, 5.74) is 0. The van der Waals surface area contributed by atoms with Crippen LogP contribution in [0.5, 0.6) is 0 Å². The largest absolute Gasteiger partial charge is 1.00 e. The zero-order chi connectivity index (χ0) is 42.7. The summed E-state index contributed by atoms with van der Waals surface area (Å²) in [4.78, 5) is 36.6. The standard InChI is InChI=1S/C33H58N4O20.HI/c1-11(42)34-18-23(46)27(15(8-39)51-30(18)50)55-31-19(35-12(2)43)24(47)28(16(9-40)53-31)56-32-20(36-13(3)44)25(48)29(17(10-41)54-32)57-33-21(37(4,5)6)26(49)22(45)14(7-38)52-33;/h14-33,38-41,45-50H,7-10H2,1-6H3,(H2-,34,35,36,42,43,44);1H/t14-,15-,16-,17-,18-,19-,20-,21-,22-,23-,24-,25-,26-,27-,28-,29-,30?,31+,32+,33+;/m1./s1. The Labute approximate surface area is 350 Å². The molecule has 1 unspecified atom stereocenters. The third-order valence-electron chi connectivity index (χ3n) is 10.3. The van der Waals surface area contributed by atoms with Crippen molar-refractivity contribution in [3.8, 4) is 0 Å². The van der Waals surface area contributed by atoms with Crippen molar-refractivity contribution in [2.75, 3.05) is 47.6 Å². The number of hydrogen-bond acceptors (Lipinski definition) is 20. The summed E-state index contributed by atoms with van der Waals surface area (Å²) in [5, 5.41) is 114. The van der Waals surface area contributed by atoms with E-state index >= 15 is 0 Å². The van der Waals surface area contributed by atoms with Gasteiger partial charge in [-0.15, -0.1) is 0 Å². The van der Waals surface area contributed by atoms with Crippen molar-refractivity contribution in [2.45, 2.75) is 143 Å². The molecule has 0 aromatic carbocycles. The highest BCUT2D eigenvalue weighted by atomic mass is 127. The fourth-order valence-electron chi connectivity index (χ4n) is 7.59. The quantitative estimate of drug-likeness (QED) is 0.0568. The highest BCUT2D eigenvalue weighted by molar-refractivity contribution is 5.74. The molecule has 4 heterocycles. The highest BCUT2D eigenvalue weighted by Gasteiger charge is 2.57. The van der Waals surface area contributed by atoms with E-state index in [9.17, 15) is 65.4 Å². The Bertz CT molecular complexity index is 1350. The van der Waals surface area contributed by atoms with E-state index in [1.807, 2.05) is 0 Å². The van der Waals surface area contributed by atoms with E-state index in [2.05, 4.69) is 16.0 Å². The maximum Gasteiger partial charge on any atom is 0.217 e. The van der Waals surface area contributed by atoms with Crippen LogP contribution in [0.25, 0.3) is 0 Å². The number of aliphatic hydroxyl groups excluding tert-OH is 10. The Balaban J connectivity index is 0.00000900. The Hall–Kier alpha value is -1.58. The predicted molar refractivity (Wildman–Crippen MR) is 184 cm³/mol. The molecule has 4 aliphatic heterocycles. The maximum absolute atomic E-state index is 12.5. The van der Waals surface area contributed by atoms with Gasteiger partial charge in [-0.1, -0.05) is 0 Å². The molecule has 0 radical (unpaired) electrons. The van der Waals surface area contributed by atoms with Gasteiger partial charge in [-0.05, 0) is 0 Å². The van der Waals surface area contributed by atoms with Crippen LogP contribution in [0.15, 0.2) is 0 Å². The van der Waals surface area contributed by atoms with Crippen LogP contribution < -0.4 is 39.9 Å². The molecule has 24 nitrogen and oxygen atoms in total. The number of carbonyl (C=O) groups is 3. The second-order valence-corrected chi connectivity index (χ2v) is 15.5. The number of amides is 3. The van der Waals surface area contributed by atoms with E-state index in [4.69, 9.17) is 33.2 Å². The zero-order valence-electron chi connectivity index (χ0n) is 32.8. The molecule has 0 saturated carbocycles. The van der Waals surface area contributed by atoms with Crippen molar-refractivity contribution >= 4 is 17.7 Å². The fourth-order valence-corrected chi connectivity index (χ4v) is 7.59. The van der Waals surface area contributed by atoms with Crippen LogP contribution in [0.1, 0.15) is 20.8 Å². The van der Waals surface area contributed by atoms with Gasteiger partial charge in [0.15, 0.2) is 24.9 Å². The minimum atomic E-state index is -1.86. The van der Waals surface area contributed by atoms with Crippen molar-refractivity contribution in [3.05, 3.63) is 0 Å². The first-order valence-corrected chi connectivity index (χ1v) is 18.4. The number of quaternary nitrogens is 1. The molecule has 13 N–H and O–H groups in total. The first kappa shape index (κ1) is 50.8. The molecule has 0 spiro atoms. The van der Waals surface area contributed by atoms with Crippen molar-refractivity contribution in [3.63, 3.8) is 0 Å². The lowest BCUT2D eigenvalue weighted by Crippen LogP contribution is -3.00. The number of nitrogens with one attached hydrogen (secondary N) is 3. The number of carbonyl (C=O) groups excluding carboxylic acids is 3. The van der Waals surface area contributed by atoms with Crippen LogP contribution in [0.2, 0.25) is 0 Å². The van der Waals surface area contributed by atoms with E-state index in [-0.39, 0.29) is 28.5 Å². The smallest absolute Gasteiger partial charge is 0.217 e. The van der Waals surface area contributed by atoms with Gasteiger partial charge in [0.2, 0.25) is 24.0 Å². The average Bonchev–Trinajstić information content (AvgIpc) is 3.12. The Kier molecular flexibility index (Phi) is 18.8. The van der Waals surface area contributed by atoms with Crippen molar-refractivity contribution in [1.29, 1.82) is 0 Å². The molecule has 20 atom stereocenters. The van der Waals surface area contributed by atoms with E-state index in [1.165, 1.54) is 0 Å². The average molecular weight is 959 g/mol. The van der Waals surface area contributed by atoms with Gasteiger partial charge in [0, 0.05) is 20.8 Å². The maximum atomic E-state index is 12.5. The number of aliphatic hydroxyl groups is 10. The Morgan fingerprint density at radius 1 is 0.500 bits per heavy atom. The van der Waals surface area contributed by atoms with Gasteiger partial charge < -0.3 is 129 Å². The Morgan fingerprint density at radius 3 is 1.19 bits per heavy atom. The van der Waals surface area contributed by atoms with Crippen LogP contribution in [0, 0.1) is 0 Å². The van der Waals surface area contributed by atoms with E-state index in [0.717, 1.165) is 20.8 Å². The summed E-state index contributed by atoms with van der Waals surface area (Å²) in [6.07, 6.45) is -25.5. The third kappa shape index (κ3) is 11.5. The van der Waals surface area contributed by atoms with Crippen molar-refractivity contribution in [2.24, 2.45) is 0 Å². The SMILES string of the molecule is CC(=O)N[C@H]1[C@H](O[C@H]2[C@H](O)[C@@H](NC(C)=O)C(O)O[C@@H]2CO)O[C@H](CO)[C@@H](O[C@@H]2O[C@H](CO)[C@@H](O[C@@H]3O[C@H](CO)[C@@H](O)[C@H](O)[C@H]3[N+](C)(C)C)[C@H](O)[C@H]2NC(C)=O)[C@@H]1O.[I-]. The van der Waals surface area contributed by atoms with Crippen LogP contribution >= 0.6 is 0 Å². The molecule has 4 fully saturated rings. The minimum Gasteiger partial charge on any atom is -1.00 e. The first-order valence-electron chi connectivity index (χ1n) is 18.4. The van der Waals surface area contributed by atoms with E-state index in [0.29, 0.717) is 0 Å². The first-order chi connectivity index (χ1) is 26.7. The second-order valence-electron chi connectivity index (χ2n) is 15.5. The molecule has 3 amide bonds. The zero-order valence-corrected chi connectivity index (χ0v) is 34.9. The van der Waals surface area contributed by atoms with Gasteiger partial charge in [0.25, 0.3) is 0 Å². The molecule has 0 bridgehead atoms. The summed E-state index contributed by atoms with van der Waals surface area (Å²) in [7, 11) is 5.01. The van der Waals surface area contributed by atoms with Crippen LogP contribution in [-0.2, 0) is 47.5 Å². The van der Waals surface area contributed by atoms with E-state index < -0.39 is 167 Å². The number of halogens is 1. The lowest BCUT2D eigenvalue weighted by atomic mass is 9.92. The van der Waals surface area contributed by atoms with Crippen LogP contribution in [0.4, 0.5) is 0 Å². The highest BCUT2D eigenvalue weighted by Crippen LogP contribution is 2.35. The molecule has 0 aliphatic carbocycles. The topological polar surface area (TPSA) is 354 Å². The second kappa shape index (κ2) is 21.5. The molecule has 4 aliphatic rings. The van der Waals surface area contributed by atoms with E-state index in [1.54, 1.807) is 21.1 Å². The lowest BCUT2D eigenvalue weighted by Gasteiger charge is -2.51. The number of hydrogen-bond donors (Lipinski definition) is 13. The summed E-state index contributed by atoms with van der Waals surface area (Å²) in [6, 6.07) is -5.57. The fraction of sp³-hybridized carbons (Fsp3) is 0.909. The molecule has 338 valence electrons. The van der Waals surface area contributed by atoms with Gasteiger partial charge in [-0.25, -0.2) is 0 Å². The molecule has 58 heavy (non-hydrogen) atoms. The molecular formula is C33H59IN4O20. The summed E-state index contributed by atoms with van der Waals surface area (Å²) in [5.74, 6) is -2.07. The third-order valence-corrected chi connectivity index (χ3v) is 10.3.